The number of hydrogen-bond acceptors (Lipinski definition) is 8. The normalized spacial score (nSPS) is 12.5. The molecule has 2 heterocycles. The summed E-state index contributed by atoms with van der Waals surface area (Å²) in [4.78, 5) is 41.7. The van der Waals surface area contributed by atoms with Crippen LogP contribution in [0, 0.1) is 0 Å². The third-order valence-corrected chi connectivity index (χ3v) is 5.65. The Hall–Kier alpha value is -3.27. The number of carboxylic acid groups (broad SMARTS) is 1. The molecular formula is C17H20N6O7S2. The van der Waals surface area contributed by atoms with Crippen LogP contribution in [0.15, 0.2) is 32.8 Å². The average molecular weight is 485 g/mol. The summed E-state index contributed by atoms with van der Waals surface area (Å²) in [5.74, 6) is -1.17. The van der Waals surface area contributed by atoms with Crippen molar-refractivity contribution < 1.29 is 27.5 Å². The number of aromatic amines is 1. The highest BCUT2D eigenvalue weighted by atomic mass is 32.2. The molecule has 15 heteroatoms. The predicted octanol–water partition coefficient (Wildman–Crippen LogP) is 0.783. The van der Waals surface area contributed by atoms with E-state index in [0.29, 0.717) is 35.2 Å². The first-order chi connectivity index (χ1) is 15.1. The number of thiazole rings is 1. The van der Waals surface area contributed by atoms with Crippen molar-refractivity contribution in [2.45, 2.75) is 25.3 Å². The lowest BCUT2D eigenvalue weighted by Crippen LogP contribution is -2.43. The van der Waals surface area contributed by atoms with Crippen LogP contribution in [0.25, 0.3) is 22.4 Å². The molecule has 3 rings (SSSR count). The second-order valence-corrected chi connectivity index (χ2v) is 8.93. The highest BCUT2D eigenvalue weighted by molar-refractivity contribution is 7.87. The lowest BCUT2D eigenvalue weighted by atomic mass is 10.1. The first kappa shape index (κ1) is 23.4. The standard InChI is InChI=1S/C17H20N6O7S2/c18-32(28,29)19-6-2-1-3-11(21-16(25)26)14(24)23-15-20-12(8-31-15)9-4-5-10-13(7-9)30-17(27)22-10/h4-5,7-8,11,19,21H,1-3,6H2,(H,22,27)(H,25,26)(H2,18,28,29)(H,20,23,24). The Balaban J connectivity index is 1.62. The van der Waals surface area contributed by atoms with E-state index in [1.54, 1.807) is 23.6 Å². The number of benzene rings is 1. The topological polar surface area (TPSA) is 210 Å². The Bertz CT molecular complexity index is 1280. The van der Waals surface area contributed by atoms with Gasteiger partial charge in [0.15, 0.2) is 10.7 Å². The van der Waals surface area contributed by atoms with Crippen molar-refractivity contribution in [3.8, 4) is 11.3 Å². The van der Waals surface area contributed by atoms with Crippen LogP contribution in [0.5, 0.6) is 0 Å². The summed E-state index contributed by atoms with van der Waals surface area (Å²) in [5, 5.41) is 20.5. The van der Waals surface area contributed by atoms with Crippen molar-refractivity contribution in [3.63, 3.8) is 0 Å². The number of carbonyl (C=O) groups is 2. The minimum atomic E-state index is -3.80. The fraction of sp³-hybridized carbons (Fsp3) is 0.294. The van der Waals surface area contributed by atoms with E-state index in [1.807, 2.05) is 0 Å². The Morgan fingerprint density at radius 2 is 2.09 bits per heavy atom. The van der Waals surface area contributed by atoms with Gasteiger partial charge in [0.05, 0.1) is 11.2 Å². The third-order valence-electron chi connectivity index (χ3n) is 4.29. The number of rotatable bonds is 10. The van der Waals surface area contributed by atoms with E-state index >= 15 is 0 Å². The van der Waals surface area contributed by atoms with E-state index in [1.165, 1.54) is 0 Å². The first-order valence-corrected chi connectivity index (χ1v) is 11.7. The number of oxazole rings is 1. The summed E-state index contributed by atoms with van der Waals surface area (Å²) in [6.45, 7) is 0.0711. The van der Waals surface area contributed by atoms with E-state index in [0.717, 1.165) is 11.3 Å². The fourth-order valence-corrected chi connectivity index (χ4v) is 4.02. The Morgan fingerprint density at radius 1 is 1.31 bits per heavy atom. The molecule has 1 unspecified atom stereocenters. The van der Waals surface area contributed by atoms with Crippen molar-refractivity contribution in [1.29, 1.82) is 0 Å². The number of hydrogen-bond donors (Lipinski definition) is 6. The van der Waals surface area contributed by atoms with E-state index in [2.05, 4.69) is 25.3 Å². The van der Waals surface area contributed by atoms with Crippen molar-refractivity contribution in [1.82, 2.24) is 20.0 Å². The summed E-state index contributed by atoms with van der Waals surface area (Å²) < 4.78 is 28.8. The molecule has 0 bridgehead atoms. The number of nitrogens with one attached hydrogen (secondary N) is 4. The molecule has 1 aromatic carbocycles. The van der Waals surface area contributed by atoms with Crippen LogP contribution in [-0.4, -0.2) is 48.1 Å². The lowest BCUT2D eigenvalue weighted by Gasteiger charge is -2.15. The molecule has 13 nitrogen and oxygen atoms in total. The minimum Gasteiger partial charge on any atom is -0.465 e. The van der Waals surface area contributed by atoms with Gasteiger partial charge in [0.25, 0.3) is 10.2 Å². The van der Waals surface area contributed by atoms with Crippen molar-refractivity contribution in [2.24, 2.45) is 5.14 Å². The zero-order chi connectivity index (χ0) is 23.3. The van der Waals surface area contributed by atoms with Gasteiger partial charge in [-0.25, -0.2) is 24.4 Å². The van der Waals surface area contributed by atoms with Crippen LogP contribution in [0.1, 0.15) is 19.3 Å². The molecule has 0 radical (unpaired) electrons. The molecular weight excluding hydrogens is 464 g/mol. The zero-order valence-electron chi connectivity index (χ0n) is 16.5. The summed E-state index contributed by atoms with van der Waals surface area (Å²) >= 11 is 1.15. The number of anilines is 1. The lowest BCUT2D eigenvalue weighted by molar-refractivity contribution is -0.118. The van der Waals surface area contributed by atoms with Crippen LogP contribution in [0.3, 0.4) is 0 Å². The van der Waals surface area contributed by atoms with Gasteiger partial charge in [-0.1, -0.05) is 6.07 Å². The Labute approximate surface area is 185 Å². The Morgan fingerprint density at radius 3 is 2.81 bits per heavy atom. The number of H-pyrrole nitrogens is 1. The van der Waals surface area contributed by atoms with Crippen molar-refractivity contribution in [2.75, 3.05) is 11.9 Å². The molecule has 0 saturated heterocycles. The van der Waals surface area contributed by atoms with Crippen LogP contribution < -0.4 is 26.3 Å². The maximum atomic E-state index is 12.5. The number of carbonyl (C=O) groups excluding carboxylic acids is 1. The van der Waals surface area contributed by atoms with Crippen LogP contribution in [0.4, 0.5) is 9.93 Å². The maximum absolute atomic E-state index is 12.5. The van der Waals surface area contributed by atoms with Gasteiger partial charge in [0.1, 0.15) is 6.04 Å². The van der Waals surface area contributed by atoms with Crippen LogP contribution in [0.2, 0.25) is 0 Å². The SMILES string of the molecule is NS(=O)(=O)NCCCCC(NC(=O)O)C(=O)Nc1nc(-c2ccc3[nH]c(=O)oc3c2)cs1. The molecule has 32 heavy (non-hydrogen) atoms. The molecule has 0 aliphatic carbocycles. The van der Waals surface area contributed by atoms with Gasteiger partial charge < -0.3 is 20.2 Å². The van der Waals surface area contributed by atoms with Gasteiger partial charge in [0.2, 0.25) is 5.91 Å². The van der Waals surface area contributed by atoms with E-state index < -0.39 is 34.0 Å². The molecule has 2 aromatic heterocycles. The zero-order valence-corrected chi connectivity index (χ0v) is 18.1. The molecule has 2 amide bonds. The van der Waals surface area contributed by atoms with Gasteiger partial charge in [-0.3, -0.25) is 9.78 Å². The molecule has 7 N–H and O–H groups in total. The number of fused-ring (bicyclic) bond motifs is 1. The van der Waals surface area contributed by atoms with Gasteiger partial charge >= 0.3 is 11.8 Å². The van der Waals surface area contributed by atoms with Gasteiger partial charge in [-0.15, -0.1) is 11.3 Å². The molecule has 3 aromatic rings. The number of amides is 2. The second-order valence-electron chi connectivity index (χ2n) is 6.69. The highest BCUT2D eigenvalue weighted by Gasteiger charge is 2.21. The molecule has 0 aliphatic heterocycles. The summed E-state index contributed by atoms with van der Waals surface area (Å²) in [6.07, 6.45) is -0.493. The average Bonchev–Trinajstić information content (AvgIpc) is 3.30. The molecule has 1 atom stereocenters. The van der Waals surface area contributed by atoms with Crippen molar-refractivity contribution >= 4 is 49.8 Å². The van der Waals surface area contributed by atoms with Gasteiger partial charge in [-0.2, -0.15) is 8.42 Å². The predicted molar refractivity (Wildman–Crippen MR) is 116 cm³/mol. The third kappa shape index (κ3) is 6.61. The molecule has 0 fully saturated rings. The van der Waals surface area contributed by atoms with Gasteiger partial charge in [-0.05, 0) is 31.4 Å². The maximum Gasteiger partial charge on any atom is 0.417 e. The highest BCUT2D eigenvalue weighted by Crippen LogP contribution is 2.27. The number of unbranched alkanes of at least 4 members (excludes halogenated alkanes) is 1. The molecule has 172 valence electrons. The minimum absolute atomic E-state index is 0.0711. The fourth-order valence-electron chi connectivity index (χ4n) is 2.87. The van der Waals surface area contributed by atoms with E-state index in [4.69, 9.17) is 14.7 Å². The Kier molecular flexibility index (Phi) is 7.24. The van der Waals surface area contributed by atoms with Crippen LogP contribution >= 0.6 is 11.3 Å². The van der Waals surface area contributed by atoms with E-state index in [9.17, 15) is 22.8 Å². The monoisotopic (exact) mass is 484 g/mol. The number of aromatic nitrogens is 2. The second kappa shape index (κ2) is 9.90. The summed E-state index contributed by atoms with van der Waals surface area (Å²) in [6, 6.07) is 3.99. The largest absolute Gasteiger partial charge is 0.465 e. The van der Waals surface area contributed by atoms with Gasteiger partial charge in [0, 0.05) is 17.5 Å². The first-order valence-electron chi connectivity index (χ1n) is 9.27. The van der Waals surface area contributed by atoms with E-state index in [-0.39, 0.29) is 18.1 Å². The molecule has 0 aliphatic rings. The number of nitrogens with zero attached hydrogens (tertiary/aromatic N) is 1. The summed E-state index contributed by atoms with van der Waals surface area (Å²) in [5.41, 5.74) is 2.12. The molecule has 0 saturated carbocycles. The summed E-state index contributed by atoms with van der Waals surface area (Å²) in [7, 11) is -3.80. The smallest absolute Gasteiger partial charge is 0.417 e. The molecule has 0 spiro atoms. The number of nitrogens with two attached hydrogens (primary N) is 1. The van der Waals surface area contributed by atoms with Crippen LogP contribution in [-0.2, 0) is 15.0 Å². The van der Waals surface area contributed by atoms with Crippen molar-refractivity contribution in [3.05, 3.63) is 34.1 Å². The quantitative estimate of drug-likeness (QED) is 0.226.